The molecule has 12 heavy (non-hydrogen) atoms. The molecule has 0 bridgehead atoms. The van der Waals surface area contributed by atoms with Gasteiger partial charge in [0.05, 0.1) is 4.90 Å². The van der Waals surface area contributed by atoms with Crippen molar-refractivity contribution in [3.63, 3.8) is 0 Å². The van der Waals surface area contributed by atoms with Gasteiger partial charge in [-0.2, -0.15) is 0 Å². The summed E-state index contributed by atoms with van der Waals surface area (Å²) < 4.78 is 21.4. The minimum absolute atomic E-state index is 0. The van der Waals surface area contributed by atoms with Gasteiger partial charge in [-0.25, -0.2) is 13.6 Å². The molecule has 62 valence electrons. The van der Waals surface area contributed by atoms with Crippen LogP contribution in [-0.4, -0.2) is 59.8 Å². The van der Waals surface area contributed by atoms with Crippen molar-refractivity contribution in [2.45, 2.75) is 4.90 Å². The van der Waals surface area contributed by atoms with Gasteiger partial charge in [-0.1, -0.05) is 17.7 Å². The van der Waals surface area contributed by atoms with Crippen molar-refractivity contribution in [3.05, 3.63) is 29.3 Å². The van der Waals surface area contributed by atoms with Gasteiger partial charge in [-0.3, -0.25) is 0 Å². The standard InChI is InChI=1S/C6H6ClNO2S.K.H/c7-5-2-1-3-6(4-5)11(8,9)10;;/h1-4H,(H2,8,9,10);;. The summed E-state index contributed by atoms with van der Waals surface area (Å²) in [5.74, 6) is 0. The molecule has 1 aromatic rings. The van der Waals surface area contributed by atoms with Gasteiger partial charge in [0.1, 0.15) is 0 Å². The van der Waals surface area contributed by atoms with Crippen molar-refractivity contribution < 1.29 is 8.42 Å². The molecule has 0 aliphatic rings. The summed E-state index contributed by atoms with van der Waals surface area (Å²) in [7, 11) is -3.61. The number of hydrogen-bond acceptors (Lipinski definition) is 2. The Morgan fingerprint density at radius 3 is 2.25 bits per heavy atom. The van der Waals surface area contributed by atoms with Gasteiger partial charge in [0.15, 0.2) is 0 Å². The van der Waals surface area contributed by atoms with Crippen molar-refractivity contribution in [1.29, 1.82) is 0 Å². The fraction of sp³-hybridized carbons (Fsp3) is 0. The van der Waals surface area contributed by atoms with Crippen LogP contribution in [0.4, 0.5) is 0 Å². The molecule has 0 aliphatic heterocycles. The average molecular weight is 232 g/mol. The van der Waals surface area contributed by atoms with Gasteiger partial charge in [0, 0.05) is 5.02 Å². The van der Waals surface area contributed by atoms with Gasteiger partial charge in [-0.15, -0.1) is 0 Å². The molecule has 0 saturated heterocycles. The molecule has 3 nitrogen and oxygen atoms in total. The number of rotatable bonds is 1. The van der Waals surface area contributed by atoms with E-state index < -0.39 is 10.0 Å². The molecule has 0 radical (unpaired) electrons. The van der Waals surface area contributed by atoms with Crippen LogP contribution in [0.1, 0.15) is 0 Å². The Kier molecular flexibility index (Phi) is 5.51. The van der Waals surface area contributed by atoms with Crippen molar-refractivity contribution >= 4 is 73.0 Å². The predicted octanol–water partition coefficient (Wildman–Crippen LogP) is 0.339. The Hall–Kier alpha value is 1.06. The van der Waals surface area contributed by atoms with Crippen LogP contribution in [-0.2, 0) is 10.0 Å². The van der Waals surface area contributed by atoms with E-state index in [1.54, 1.807) is 6.07 Å². The number of sulfonamides is 1. The molecule has 0 unspecified atom stereocenters. The topological polar surface area (TPSA) is 60.2 Å². The van der Waals surface area contributed by atoms with E-state index in [1.807, 2.05) is 0 Å². The maximum atomic E-state index is 10.7. The molecule has 0 spiro atoms. The minimum atomic E-state index is -3.61. The van der Waals surface area contributed by atoms with E-state index >= 15 is 0 Å². The zero-order chi connectivity index (χ0) is 8.48. The second kappa shape index (κ2) is 5.07. The number of primary sulfonamides is 1. The molecule has 0 amide bonds. The first-order valence-corrected chi connectivity index (χ1v) is 4.71. The van der Waals surface area contributed by atoms with Crippen LogP contribution in [0.5, 0.6) is 0 Å². The Labute approximate surface area is 119 Å². The molecular formula is C6H7ClKNO2S. The molecular weight excluding hydrogens is 225 g/mol. The maximum absolute atomic E-state index is 10.7. The fourth-order valence-electron chi connectivity index (χ4n) is 0.644. The second-order valence-corrected chi connectivity index (χ2v) is 4.00. The van der Waals surface area contributed by atoms with Crippen molar-refractivity contribution in [2.24, 2.45) is 5.14 Å². The summed E-state index contributed by atoms with van der Waals surface area (Å²) in [5, 5.41) is 5.20. The van der Waals surface area contributed by atoms with E-state index in [2.05, 4.69) is 0 Å². The molecule has 0 atom stereocenters. The average Bonchev–Trinajstić information content (AvgIpc) is 1.86. The first-order chi connectivity index (χ1) is 5.00. The van der Waals surface area contributed by atoms with Crippen LogP contribution in [0.3, 0.4) is 0 Å². The fourth-order valence-corrected chi connectivity index (χ4v) is 1.46. The number of halogens is 1. The third-order valence-electron chi connectivity index (χ3n) is 1.12. The Morgan fingerprint density at radius 2 is 1.92 bits per heavy atom. The molecule has 2 N–H and O–H groups in total. The summed E-state index contributed by atoms with van der Waals surface area (Å²) in [5.41, 5.74) is 0. The van der Waals surface area contributed by atoms with E-state index in [-0.39, 0.29) is 56.3 Å². The summed E-state index contributed by atoms with van der Waals surface area (Å²) in [4.78, 5) is 0.0324. The Balaban J connectivity index is 0.00000121. The van der Waals surface area contributed by atoms with Gasteiger partial charge in [0.25, 0.3) is 0 Å². The van der Waals surface area contributed by atoms with Crippen LogP contribution in [0.15, 0.2) is 29.2 Å². The third kappa shape index (κ3) is 3.84. The SMILES string of the molecule is NS(=O)(=O)c1cccc(Cl)c1.[KH]. The molecule has 0 aromatic heterocycles. The van der Waals surface area contributed by atoms with Gasteiger partial charge >= 0.3 is 51.4 Å². The molecule has 6 heteroatoms. The van der Waals surface area contributed by atoms with Crippen LogP contribution in [0.25, 0.3) is 0 Å². The van der Waals surface area contributed by atoms with Gasteiger partial charge < -0.3 is 0 Å². The summed E-state index contributed by atoms with van der Waals surface area (Å²) >= 11 is 5.53. The Bertz CT molecular complexity index is 366. The quantitative estimate of drug-likeness (QED) is 0.709. The number of benzene rings is 1. The first-order valence-electron chi connectivity index (χ1n) is 2.78. The van der Waals surface area contributed by atoms with Crippen LogP contribution >= 0.6 is 11.6 Å². The van der Waals surface area contributed by atoms with Crippen molar-refractivity contribution in [2.75, 3.05) is 0 Å². The first kappa shape index (κ1) is 13.1. The van der Waals surface area contributed by atoms with E-state index in [0.717, 1.165) is 0 Å². The monoisotopic (exact) mass is 231 g/mol. The number of hydrogen-bond donors (Lipinski definition) is 1. The molecule has 0 heterocycles. The molecule has 0 saturated carbocycles. The van der Waals surface area contributed by atoms with E-state index in [9.17, 15) is 8.42 Å². The molecule has 0 fully saturated rings. The summed E-state index contributed by atoms with van der Waals surface area (Å²) in [6.07, 6.45) is 0. The van der Waals surface area contributed by atoms with Crippen LogP contribution in [0, 0.1) is 0 Å². The van der Waals surface area contributed by atoms with Crippen molar-refractivity contribution in [3.8, 4) is 0 Å². The summed E-state index contributed by atoms with van der Waals surface area (Å²) in [6, 6.07) is 5.80. The van der Waals surface area contributed by atoms with Crippen LogP contribution < -0.4 is 5.14 Å². The van der Waals surface area contributed by atoms with E-state index in [1.165, 1.54) is 18.2 Å². The van der Waals surface area contributed by atoms with E-state index in [4.69, 9.17) is 16.7 Å². The number of nitrogens with two attached hydrogens (primary N) is 1. The van der Waals surface area contributed by atoms with Gasteiger partial charge in [0.2, 0.25) is 10.0 Å². The molecule has 1 rings (SSSR count). The second-order valence-electron chi connectivity index (χ2n) is 2.00. The van der Waals surface area contributed by atoms with E-state index in [0.29, 0.717) is 5.02 Å². The van der Waals surface area contributed by atoms with Gasteiger partial charge in [-0.05, 0) is 18.2 Å². The zero-order valence-electron chi connectivity index (χ0n) is 5.49. The van der Waals surface area contributed by atoms with Crippen molar-refractivity contribution in [1.82, 2.24) is 0 Å². The predicted molar refractivity (Wildman–Crippen MR) is 50.0 cm³/mol. The molecule has 1 aromatic carbocycles. The molecule has 0 aliphatic carbocycles. The Morgan fingerprint density at radius 1 is 1.33 bits per heavy atom. The normalized spacial score (nSPS) is 10.5. The zero-order valence-corrected chi connectivity index (χ0v) is 7.06. The third-order valence-corrected chi connectivity index (χ3v) is 2.27. The summed E-state index contributed by atoms with van der Waals surface area (Å²) in [6.45, 7) is 0. The van der Waals surface area contributed by atoms with Crippen LogP contribution in [0.2, 0.25) is 5.02 Å².